The van der Waals surface area contributed by atoms with Gasteiger partial charge in [0.1, 0.15) is 12.2 Å². The van der Waals surface area contributed by atoms with Gasteiger partial charge in [-0.1, -0.05) is 0 Å². The van der Waals surface area contributed by atoms with Gasteiger partial charge in [-0.3, -0.25) is 0 Å². The molecule has 0 N–H and O–H groups in total. The maximum atomic E-state index is 12.3. The van der Waals surface area contributed by atoms with Gasteiger partial charge < -0.3 is 9.47 Å². The van der Waals surface area contributed by atoms with Crippen LogP contribution in [-0.4, -0.2) is 24.1 Å². The van der Waals surface area contributed by atoms with Gasteiger partial charge >= 0.3 is 11.9 Å². The summed E-state index contributed by atoms with van der Waals surface area (Å²) in [4.78, 5) is 24.6. The highest BCUT2D eigenvalue weighted by molar-refractivity contribution is 5.96. The van der Waals surface area contributed by atoms with Gasteiger partial charge in [-0.25, -0.2) is 9.59 Å². The van der Waals surface area contributed by atoms with Crippen LogP contribution < -0.4 is 0 Å². The molecule has 1 fully saturated rings. The van der Waals surface area contributed by atoms with Crippen LogP contribution in [0.1, 0.15) is 57.5 Å². The topological polar surface area (TPSA) is 52.6 Å². The lowest BCUT2D eigenvalue weighted by atomic mass is 9.93. The first-order chi connectivity index (χ1) is 9.58. The first-order valence-electron chi connectivity index (χ1n) is 7.10. The Morgan fingerprint density at radius 1 is 0.850 bits per heavy atom. The molecule has 3 aliphatic rings. The van der Waals surface area contributed by atoms with E-state index in [1.165, 1.54) is 0 Å². The van der Waals surface area contributed by atoms with Crippen LogP contribution in [0.4, 0.5) is 0 Å². The number of carbonyl (C=O) groups excluding carboxylic acids is 2. The first-order valence-corrected chi connectivity index (χ1v) is 7.10. The highest BCUT2D eigenvalue weighted by Gasteiger charge is 2.34. The molecule has 0 aromatic heterocycles. The maximum Gasteiger partial charge on any atom is 0.338 e. The zero-order valence-corrected chi connectivity index (χ0v) is 11.8. The Balaban J connectivity index is 2.08. The fourth-order valence-corrected chi connectivity index (χ4v) is 3.00. The number of hydrogen-bond donors (Lipinski definition) is 0. The minimum Gasteiger partial charge on any atom is -0.455 e. The van der Waals surface area contributed by atoms with Crippen LogP contribution in [0.15, 0.2) is 12.1 Å². The van der Waals surface area contributed by atoms with Gasteiger partial charge in [0.05, 0.1) is 11.1 Å². The Kier molecular flexibility index (Phi) is 3.24. The van der Waals surface area contributed by atoms with Crippen LogP contribution in [0.3, 0.4) is 0 Å². The Hall–Kier alpha value is -1.84. The number of ether oxygens (including phenoxy) is 2. The van der Waals surface area contributed by atoms with Gasteiger partial charge in [0.2, 0.25) is 0 Å². The van der Waals surface area contributed by atoms with Crippen molar-refractivity contribution >= 4 is 11.9 Å². The lowest BCUT2D eigenvalue weighted by Crippen LogP contribution is -2.38. The molecule has 20 heavy (non-hydrogen) atoms. The van der Waals surface area contributed by atoms with Crippen molar-refractivity contribution < 1.29 is 19.1 Å². The molecular formula is C16H18O4. The van der Waals surface area contributed by atoms with E-state index in [2.05, 4.69) is 0 Å². The second kappa shape index (κ2) is 4.93. The molecule has 2 aliphatic heterocycles. The highest BCUT2D eigenvalue weighted by Crippen LogP contribution is 2.29. The zero-order chi connectivity index (χ0) is 14.3. The summed E-state index contributed by atoms with van der Waals surface area (Å²) in [5, 5.41) is 0. The number of esters is 2. The average Bonchev–Trinajstić information content (AvgIpc) is 2.43. The van der Waals surface area contributed by atoms with E-state index < -0.39 is 0 Å². The monoisotopic (exact) mass is 274 g/mol. The van der Waals surface area contributed by atoms with Gasteiger partial charge in [-0.2, -0.15) is 0 Å². The molecule has 0 saturated heterocycles. The summed E-state index contributed by atoms with van der Waals surface area (Å²) in [7, 11) is 0. The number of hydrogen-bond acceptors (Lipinski definition) is 4. The minimum absolute atomic E-state index is 0.311. The second-order valence-corrected chi connectivity index (χ2v) is 5.58. The molecule has 0 radical (unpaired) electrons. The van der Waals surface area contributed by atoms with Crippen LogP contribution >= 0.6 is 0 Å². The highest BCUT2D eigenvalue weighted by atomic mass is 16.6. The Morgan fingerprint density at radius 2 is 1.25 bits per heavy atom. The van der Waals surface area contributed by atoms with Crippen LogP contribution in [0, 0.1) is 13.8 Å². The molecule has 4 heteroatoms. The van der Waals surface area contributed by atoms with Crippen molar-refractivity contribution in [1.82, 2.24) is 0 Å². The molecule has 1 aromatic rings. The van der Waals surface area contributed by atoms with Crippen LogP contribution in [0.2, 0.25) is 0 Å². The molecule has 2 bridgehead atoms. The van der Waals surface area contributed by atoms with Crippen molar-refractivity contribution in [2.24, 2.45) is 0 Å². The van der Waals surface area contributed by atoms with E-state index in [0.717, 1.165) is 36.8 Å². The summed E-state index contributed by atoms with van der Waals surface area (Å²) in [6.07, 6.45) is 2.90. The van der Waals surface area contributed by atoms with Gasteiger partial charge in [0.25, 0.3) is 0 Å². The summed E-state index contributed by atoms with van der Waals surface area (Å²) >= 11 is 0. The van der Waals surface area contributed by atoms with Gasteiger partial charge in [-0.05, 0) is 62.8 Å². The number of fused-ring (bicyclic) bond motifs is 4. The molecular weight excluding hydrogens is 256 g/mol. The minimum atomic E-state index is -0.313. The zero-order valence-electron chi connectivity index (χ0n) is 11.8. The van der Waals surface area contributed by atoms with Crippen LogP contribution in [-0.2, 0) is 9.47 Å². The predicted octanol–water partition coefficient (Wildman–Crippen LogP) is 2.94. The van der Waals surface area contributed by atoms with Crippen molar-refractivity contribution in [2.75, 3.05) is 0 Å². The van der Waals surface area contributed by atoms with E-state index in [-0.39, 0.29) is 24.1 Å². The van der Waals surface area contributed by atoms with E-state index in [1.807, 2.05) is 13.8 Å². The molecule has 4 nitrogen and oxygen atoms in total. The third kappa shape index (κ3) is 2.09. The van der Waals surface area contributed by atoms with Crippen molar-refractivity contribution in [1.29, 1.82) is 0 Å². The standard InChI is InChI=1S/C16H18O4/c1-9-10(2)12-8-7-11(9)15(17)19-13-5-3-4-6-14(13)20-16(12)18/h7-8,13-14H,3-6H2,1-2H3. The fourth-order valence-electron chi connectivity index (χ4n) is 3.00. The molecule has 2 heterocycles. The first kappa shape index (κ1) is 13.2. The second-order valence-electron chi connectivity index (χ2n) is 5.58. The van der Waals surface area contributed by atoms with Gasteiger partial charge in [0.15, 0.2) is 0 Å². The lowest BCUT2D eigenvalue weighted by Gasteiger charge is -2.32. The van der Waals surface area contributed by atoms with E-state index in [4.69, 9.17) is 9.47 Å². The number of benzene rings is 1. The molecule has 0 amide bonds. The lowest BCUT2D eigenvalue weighted by molar-refractivity contribution is -0.0519. The summed E-state index contributed by atoms with van der Waals surface area (Å²) in [6, 6.07) is 3.31. The Bertz CT molecular complexity index is 525. The normalized spacial score (nSPS) is 25.7. The average molecular weight is 274 g/mol. The molecule has 106 valence electrons. The predicted molar refractivity (Wildman–Crippen MR) is 72.8 cm³/mol. The Morgan fingerprint density at radius 3 is 1.65 bits per heavy atom. The molecule has 4 rings (SSSR count). The van der Waals surface area contributed by atoms with Crippen LogP contribution in [0.5, 0.6) is 0 Å². The van der Waals surface area contributed by atoms with Gasteiger partial charge in [0, 0.05) is 0 Å². The quantitative estimate of drug-likeness (QED) is 0.682. The Labute approximate surface area is 118 Å². The molecule has 2 atom stereocenters. The molecule has 1 aliphatic carbocycles. The fraction of sp³-hybridized carbons (Fsp3) is 0.500. The van der Waals surface area contributed by atoms with Crippen molar-refractivity contribution in [3.05, 3.63) is 34.4 Å². The third-order valence-corrected chi connectivity index (χ3v) is 4.39. The summed E-state index contributed by atoms with van der Waals surface area (Å²) in [5.74, 6) is -0.626. The summed E-state index contributed by atoms with van der Waals surface area (Å²) < 4.78 is 11.2. The largest absolute Gasteiger partial charge is 0.455 e. The van der Waals surface area contributed by atoms with E-state index in [9.17, 15) is 9.59 Å². The van der Waals surface area contributed by atoms with E-state index in [0.29, 0.717) is 11.1 Å². The molecule has 2 unspecified atom stereocenters. The summed E-state index contributed by atoms with van der Waals surface area (Å²) in [6.45, 7) is 3.67. The SMILES string of the molecule is Cc1c2ccc(c1C)C(=O)OC1CCCCC1OC2=O. The molecule has 1 saturated carbocycles. The smallest absolute Gasteiger partial charge is 0.338 e. The van der Waals surface area contributed by atoms with Crippen LogP contribution in [0.25, 0.3) is 0 Å². The van der Waals surface area contributed by atoms with Crippen molar-refractivity contribution in [3.8, 4) is 0 Å². The van der Waals surface area contributed by atoms with E-state index >= 15 is 0 Å². The van der Waals surface area contributed by atoms with E-state index in [1.54, 1.807) is 12.1 Å². The number of carbonyl (C=O) groups is 2. The molecule has 0 spiro atoms. The maximum absolute atomic E-state index is 12.3. The third-order valence-electron chi connectivity index (χ3n) is 4.39. The van der Waals surface area contributed by atoms with Crippen molar-refractivity contribution in [2.45, 2.75) is 51.7 Å². The van der Waals surface area contributed by atoms with Gasteiger partial charge in [-0.15, -0.1) is 0 Å². The van der Waals surface area contributed by atoms with Crippen molar-refractivity contribution in [3.63, 3.8) is 0 Å². The summed E-state index contributed by atoms with van der Waals surface area (Å²) in [5.41, 5.74) is 2.67. The molecule has 1 aromatic carbocycles. The number of rotatable bonds is 0.